The maximum atomic E-state index is 6.14. The summed E-state index contributed by atoms with van der Waals surface area (Å²) in [5.41, 5.74) is 7.38. The normalized spacial score (nSPS) is 13.3. The predicted molar refractivity (Wildman–Crippen MR) is 73.2 cm³/mol. The Bertz CT molecular complexity index is 312. The Labute approximate surface area is 108 Å². The van der Waals surface area contributed by atoms with E-state index in [0.717, 1.165) is 10.9 Å². The van der Waals surface area contributed by atoms with Crippen molar-refractivity contribution in [1.82, 2.24) is 0 Å². The molecule has 1 atom stereocenters. The highest BCUT2D eigenvalue weighted by Gasteiger charge is 2.11. The van der Waals surface area contributed by atoms with E-state index in [1.165, 1.54) is 9.13 Å². The fraction of sp³-hybridized carbons (Fsp3) is 0.455. The molecule has 0 fully saturated rings. The lowest BCUT2D eigenvalue weighted by molar-refractivity contribution is 0.508. The van der Waals surface area contributed by atoms with Crippen molar-refractivity contribution in [3.8, 4) is 0 Å². The third kappa shape index (κ3) is 3.51. The highest BCUT2D eigenvalue weighted by atomic mass is 127. The molecule has 78 valence electrons. The minimum atomic E-state index is 0.152. The smallest absolute Gasteiger partial charge is 0.0308 e. The molecule has 0 spiro atoms. The van der Waals surface area contributed by atoms with Crippen molar-refractivity contribution in [2.24, 2.45) is 11.7 Å². The minimum Gasteiger partial charge on any atom is -0.324 e. The topological polar surface area (TPSA) is 26.0 Å². The van der Waals surface area contributed by atoms with Gasteiger partial charge in [-0.2, -0.15) is 0 Å². The van der Waals surface area contributed by atoms with Gasteiger partial charge in [0.15, 0.2) is 0 Å². The lowest BCUT2D eigenvalue weighted by Gasteiger charge is -2.16. The average molecular weight is 368 g/mol. The second kappa shape index (κ2) is 5.47. The SMILES string of the molecule is CC(C)CC(N)c1cc(Br)ccc1I. The van der Waals surface area contributed by atoms with E-state index in [2.05, 4.69) is 64.5 Å². The van der Waals surface area contributed by atoms with Gasteiger partial charge in [-0.05, 0) is 58.7 Å². The van der Waals surface area contributed by atoms with Crippen LogP contribution in [-0.2, 0) is 0 Å². The summed E-state index contributed by atoms with van der Waals surface area (Å²) in [7, 11) is 0. The summed E-state index contributed by atoms with van der Waals surface area (Å²) in [6.45, 7) is 4.40. The van der Waals surface area contributed by atoms with Crippen molar-refractivity contribution in [2.75, 3.05) is 0 Å². The van der Waals surface area contributed by atoms with E-state index in [1.54, 1.807) is 0 Å². The largest absolute Gasteiger partial charge is 0.324 e. The van der Waals surface area contributed by atoms with E-state index in [1.807, 2.05) is 6.07 Å². The van der Waals surface area contributed by atoms with Crippen LogP contribution in [0.25, 0.3) is 0 Å². The first-order chi connectivity index (χ1) is 6.50. The molecule has 1 aromatic carbocycles. The van der Waals surface area contributed by atoms with Gasteiger partial charge in [0.1, 0.15) is 0 Å². The van der Waals surface area contributed by atoms with Crippen molar-refractivity contribution in [1.29, 1.82) is 0 Å². The van der Waals surface area contributed by atoms with Crippen LogP contribution in [0.1, 0.15) is 31.9 Å². The quantitative estimate of drug-likeness (QED) is 0.799. The Morgan fingerprint density at radius 2 is 2.07 bits per heavy atom. The maximum absolute atomic E-state index is 6.14. The van der Waals surface area contributed by atoms with Crippen LogP contribution in [0.2, 0.25) is 0 Å². The van der Waals surface area contributed by atoms with Gasteiger partial charge in [-0.1, -0.05) is 29.8 Å². The van der Waals surface area contributed by atoms with Crippen molar-refractivity contribution in [3.63, 3.8) is 0 Å². The zero-order valence-electron chi connectivity index (χ0n) is 8.43. The predicted octanol–water partition coefficient (Wildman–Crippen LogP) is 4.10. The van der Waals surface area contributed by atoms with E-state index < -0.39 is 0 Å². The highest BCUT2D eigenvalue weighted by molar-refractivity contribution is 14.1. The number of rotatable bonds is 3. The third-order valence-electron chi connectivity index (χ3n) is 2.08. The molecular formula is C11H15BrIN. The van der Waals surface area contributed by atoms with Crippen LogP contribution >= 0.6 is 38.5 Å². The minimum absolute atomic E-state index is 0.152. The Morgan fingerprint density at radius 1 is 1.43 bits per heavy atom. The van der Waals surface area contributed by atoms with Crippen molar-refractivity contribution in [3.05, 3.63) is 31.8 Å². The van der Waals surface area contributed by atoms with Crippen molar-refractivity contribution in [2.45, 2.75) is 26.3 Å². The molecule has 0 amide bonds. The average Bonchev–Trinajstić information content (AvgIpc) is 2.08. The molecule has 1 unspecified atom stereocenters. The van der Waals surface area contributed by atoms with Crippen molar-refractivity contribution >= 4 is 38.5 Å². The zero-order chi connectivity index (χ0) is 10.7. The van der Waals surface area contributed by atoms with Crippen LogP contribution in [0.15, 0.2) is 22.7 Å². The van der Waals surface area contributed by atoms with Gasteiger partial charge in [0, 0.05) is 14.1 Å². The van der Waals surface area contributed by atoms with E-state index in [4.69, 9.17) is 5.73 Å². The maximum Gasteiger partial charge on any atom is 0.0308 e. The molecular weight excluding hydrogens is 353 g/mol. The summed E-state index contributed by atoms with van der Waals surface area (Å²) in [6.07, 6.45) is 1.03. The first kappa shape index (κ1) is 12.5. The van der Waals surface area contributed by atoms with E-state index in [9.17, 15) is 0 Å². The molecule has 3 heteroatoms. The number of benzene rings is 1. The summed E-state index contributed by atoms with van der Waals surface area (Å²) in [5, 5.41) is 0. The molecule has 0 heterocycles. The van der Waals surface area contributed by atoms with Gasteiger partial charge in [-0.3, -0.25) is 0 Å². The second-order valence-corrected chi connectivity index (χ2v) is 5.98. The van der Waals surface area contributed by atoms with Crippen LogP contribution in [0.3, 0.4) is 0 Å². The molecule has 0 aliphatic carbocycles. The molecule has 0 aromatic heterocycles. The van der Waals surface area contributed by atoms with Gasteiger partial charge in [0.2, 0.25) is 0 Å². The first-order valence-corrected chi connectivity index (χ1v) is 6.58. The van der Waals surface area contributed by atoms with Crippen LogP contribution < -0.4 is 5.73 Å². The number of hydrogen-bond acceptors (Lipinski definition) is 1. The van der Waals surface area contributed by atoms with Gasteiger partial charge in [0.05, 0.1) is 0 Å². The van der Waals surface area contributed by atoms with Crippen LogP contribution in [-0.4, -0.2) is 0 Å². The van der Waals surface area contributed by atoms with Crippen LogP contribution in [0, 0.1) is 9.49 Å². The molecule has 14 heavy (non-hydrogen) atoms. The Kier molecular flexibility index (Phi) is 4.87. The highest BCUT2D eigenvalue weighted by Crippen LogP contribution is 2.26. The number of hydrogen-bond donors (Lipinski definition) is 1. The number of nitrogens with two attached hydrogens (primary N) is 1. The molecule has 0 aliphatic heterocycles. The zero-order valence-corrected chi connectivity index (χ0v) is 12.2. The van der Waals surface area contributed by atoms with Crippen LogP contribution in [0.4, 0.5) is 0 Å². The van der Waals surface area contributed by atoms with Crippen molar-refractivity contribution < 1.29 is 0 Å². The lowest BCUT2D eigenvalue weighted by atomic mass is 9.98. The Balaban J connectivity index is 2.88. The standard InChI is InChI=1S/C11H15BrIN/c1-7(2)5-11(14)9-6-8(12)3-4-10(9)13/h3-4,6-7,11H,5,14H2,1-2H3. The second-order valence-electron chi connectivity index (χ2n) is 3.90. The van der Waals surface area contributed by atoms with E-state index >= 15 is 0 Å². The van der Waals surface area contributed by atoms with Crippen LogP contribution in [0.5, 0.6) is 0 Å². The summed E-state index contributed by atoms with van der Waals surface area (Å²) < 4.78 is 2.35. The molecule has 1 rings (SSSR count). The summed E-state index contributed by atoms with van der Waals surface area (Å²) in [6, 6.07) is 6.42. The third-order valence-corrected chi connectivity index (χ3v) is 3.56. The fourth-order valence-corrected chi connectivity index (χ4v) is 2.55. The molecule has 2 N–H and O–H groups in total. The number of halogens is 2. The lowest BCUT2D eigenvalue weighted by Crippen LogP contribution is -2.14. The van der Waals surface area contributed by atoms with E-state index in [-0.39, 0.29) is 6.04 Å². The summed E-state index contributed by atoms with van der Waals surface area (Å²) in [5.74, 6) is 0.639. The molecule has 0 saturated carbocycles. The summed E-state index contributed by atoms with van der Waals surface area (Å²) >= 11 is 5.81. The Hall–Kier alpha value is 0.390. The van der Waals surface area contributed by atoms with Gasteiger partial charge in [-0.15, -0.1) is 0 Å². The molecule has 0 aliphatic rings. The van der Waals surface area contributed by atoms with E-state index in [0.29, 0.717) is 5.92 Å². The van der Waals surface area contributed by atoms with Gasteiger partial charge in [-0.25, -0.2) is 0 Å². The summed E-state index contributed by atoms with van der Waals surface area (Å²) in [4.78, 5) is 0. The molecule has 1 aromatic rings. The first-order valence-electron chi connectivity index (χ1n) is 4.71. The fourth-order valence-electron chi connectivity index (χ4n) is 1.43. The molecule has 0 radical (unpaired) electrons. The molecule has 0 bridgehead atoms. The monoisotopic (exact) mass is 367 g/mol. The molecule has 1 nitrogen and oxygen atoms in total. The van der Waals surface area contributed by atoms with Gasteiger partial charge < -0.3 is 5.73 Å². The van der Waals surface area contributed by atoms with Gasteiger partial charge >= 0.3 is 0 Å². The Morgan fingerprint density at radius 3 is 2.64 bits per heavy atom. The van der Waals surface area contributed by atoms with Gasteiger partial charge in [0.25, 0.3) is 0 Å². The molecule has 0 saturated heterocycles.